The van der Waals surface area contributed by atoms with Gasteiger partial charge in [-0.05, 0) is 29.3 Å². The number of carboxylic acid groups (broad SMARTS) is 1. The maximum absolute atomic E-state index is 11.4. The van der Waals surface area contributed by atoms with Crippen molar-refractivity contribution in [3.05, 3.63) is 22.4 Å². The quantitative estimate of drug-likeness (QED) is 0.620. The molecule has 0 radical (unpaired) electrons. The SMILES string of the molecule is CC(NC(=O)NC[C@H](O)C(=O)O)c1ccsc1. The lowest BCUT2D eigenvalue weighted by Crippen LogP contribution is -2.42. The summed E-state index contributed by atoms with van der Waals surface area (Å²) < 4.78 is 0. The van der Waals surface area contributed by atoms with Crippen molar-refractivity contribution in [3.8, 4) is 0 Å². The van der Waals surface area contributed by atoms with E-state index < -0.39 is 18.1 Å². The van der Waals surface area contributed by atoms with Crippen LogP contribution in [0.15, 0.2) is 16.8 Å². The minimum atomic E-state index is -1.59. The van der Waals surface area contributed by atoms with E-state index in [1.807, 2.05) is 23.8 Å². The smallest absolute Gasteiger partial charge is 0.334 e. The topological polar surface area (TPSA) is 98.7 Å². The van der Waals surface area contributed by atoms with E-state index in [4.69, 9.17) is 10.2 Å². The van der Waals surface area contributed by atoms with Crippen LogP contribution < -0.4 is 10.6 Å². The average molecular weight is 258 g/mol. The first-order valence-electron chi connectivity index (χ1n) is 4.98. The fourth-order valence-electron chi connectivity index (χ4n) is 1.13. The molecule has 0 aliphatic heterocycles. The average Bonchev–Trinajstić information content (AvgIpc) is 2.78. The van der Waals surface area contributed by atoms with Gasteiger partial charge in [0.15, 0.2) is 6.10 Å². The number of hydrogen-bond donors (Lipinski definition) is 4. The summed E-state index contributed by atoms with van der Waals surface area (Å²) >= 11 is 1.53. The molecule has 6 nitrogen and oxygen atoms in total. The third-order valence-electron chi connectivity index (χ3n) is 2.13. The summed E-state index contributed by atoms with van der Waals surface area (Å²) in [6.07, 6.45) is -1.59. The standard InChI is InChI=1S/C10H14N2O4S/c1-6(7-2-3-17-5-7)12-10(16)11-4-8(13)9(14)15/h2-3,5-6,8,13H,4H2,1H3,(H,14,15)(H2,11,12,16)/t6?,8-/m0/s1. The van der Waals surface area contributed by atoms with Crippen molar-refractivity contribution in [2.24, 2.45) is 0 Å². The van der Waals surface area contributed by atoms with Crippen molar-refractivity contribution in [1.82, 2.24) is 10.6 Å². The number of thiophene rings is 1. The van der Waals surface area contributed by atoms with Crippen LogP contribution in [0.5, 0.6) is 0 Å². The van der Waals surface area contributed by atoms with E-state index in [1.54, 1.807) is 0 Å². The van der Waals surface area contributed by atoms with E-state index in [2.05, 4.69) is 10.6 Å². The summed E-state index contributed by atoms with van der Waals surface area (Å²) in [6.45, 7) is 1.49. The van der Waals surface area contributed by atoms with Gasteiger partial charge in [0.2, 0.25) is 0 Å². The van der Waals surface area contributed by atoms with Crippen LogP contribution in [0.1, 0.15) is 18.5 Å². The molecular formula is C10H14N2O4S. The number of nitrogens with one attached hydrogen (secondary N) is 2. The van der Waals surface area contributed by atoms with Crippen LogP contribution in [0.3, 0.4) is 0 Å². The van der Waals surface area contributed by atoms with Crippen molar-refractivity contribution in [1.29, 1.82) is 0 Å². The Morgan fingerprint density at radius 2 is 2.24 bits per heavy atom. The molecule has 0 saturated heterocycles. The van der Waals surface area contributed by atoms with Gasteiger partial charge >= 0.3 is 12.0 Å². The van der Waals surface area contributed by atoms with E-state index >= 15 is 0 Å². The van der Waals surface area contributed by atoms with E-state index in [0.717, 1.165) is 5.56 Å². The zero-order valence-corrected chi connectivity index (χ0v) is 10.0. The molecule has 7 heteroatoms. The molecule has 1 rings (SSSR count). The van der Waals surface area contributed by atoms with E-state index in [9.17, 15) is 9.59 Å². The number of urea groups is 1. The Balaban J connectivity index is 2.32. The van der Waals surface area contributed by atoms with Crippen LogP contribution in [0.25, 0.3) is 0 Å². The lowest BCUT2D eigenvalue weighted by Gasteiger charge is -2.14. The molecular weight excluding hydrogens is 244 g/mol. The summed E-state index contributed by atoms with van der Waals surface area (Å²) in [5.74, 6) is -1.36. The summed E-state index contributed by atoms with van der Waals surface area (Å²) in [5.41, 5.74) is 0.976. The van der Waals surface area contributed by atoms with Gasteiger partial charge in [-0.3, -0.25) is 0 Å². The molecule has 0 fully saturated rings. The molecule has 2 atom stereocenters. The van der Waals surface area contributed by atoms with Crippen molar-refractivity contribution >= 4 is 23.3 Å². The largest absolute Gasteiger partial charge is 0.479 e. The number of hydrogen-bond acceptors (Lipinski definition) is 4. The fraction of sp³-hybridized carbons (Fsp3) is 0.400. The number of carboxylic acids is 1. The normalized spacial score (nSPS) is 13.8. The molecule has 0 spiro atoms. The third kappa shape index (κ3) is 4.41. The molecule has 0 saturated carbocycles. The van der Waals surface area contributed by atoms with Crippen LogP contribution >= 0.6 is 11.3 Å². The second-order valence-electron chi connectivity index (χ2n) is 3.49. The van der Waals surface area contributed by atoms with E-state index in [0.29, 0.717) is 0 Å². The molecule has 0 aliphatic carbocycles. The number of aliphatic hydroxyl groups is 1. The number of aliphatic carboxylic acids is 1. The highest BCUT2D eigenvalue weighted by Gasteiger charge is 2.15. The minimum Gasteiger partial charge on any atom is -0.479 e. The first-order valence-corrected chi connectivity index (χ1v) is 5.92. The molecule has 1 aromatic heterocycles. The van der Waals surface area contributed by atoms with Crippen LogP contribution in [-0.2, 0) is 4.79 Å². The Kier molecular flexibility index (Phi) is 4.92. The predicted octanol–water partition coefficient (Wildman–Crippen LogP) is 0.554. The molecule has 0 aliphatic rings. The lowest BCUT2D eigenvalue weighted by atomic mass is 10.2. The van der Waals surface area contributed by atoms with E-state index in [1.165, 1.54) is 11.3 Å². The number of carbonyl (C=O) groups is 2. The molecule has 1 aromatic rings. The zero-order chi connectivity index (χ0) is 12.8. The third-order valence-corrected chi connectivity index (χ3v) is 2.83. The van der Waals surface area contributed by atoms with Gasteiger partial charge in [0.05, 0.1) is 12.6 Å². The van der Waals surface area contributed by atoms with Crippen LogP contribution in [-0.4, -0.2) is 34.9 Å². The van der Waals surface area contributed by atoms with Gasteiger partial charge in [-0.2, -0.15) is 11.3 Å². The molecule has 17 heavy (non-hydrogen) atoms. The number of rotatable bonds is 5. The second kappa shape index (κ2) is 6.21. The Morgan fingerprint density at radius 1 is 1.53 bits per heavy atom. The second-order valence-corrected chi connectivity index (χ2v) is 4.27. The van der Waals surface area contributed by atoms with Crippen molar-refractivity contribution < 1.29 is 19.8 Å². The van der Waals surface area contributed by atoms with Gasteiger partial charge in [-0.15, -0.1) is 0 Å². The molecule has 0 aromatic carbocycles. The van der Waals surface area contributed by atoms with Crippen LogP contribution in [0.2, 0.25) is 0 Å². The first-order chi connectivity index (χ1) is 8.00. The zero-order valence-electron chi connectivity index (χ0n) is 9.21. The highest BCUT2D eigenvalue weighted by molar-refractivity contribution is 7.07. The van der Waals surface area contributed by atoms with Crippen LogP contribution in [0, 0.1) is 0 Å². The highest BCUT2D eigenvalue weighted by atomic mass is 32.1. The van der Waals surface area contributed by atoms with Gasteiger partial charge in [0.25, 0.3) is 0 Å². The molecule has 1 unspecified atom stereocenters. The van der Waals surface area contributed by atoms with Gasteiger partial charge in [0.1, 0.15) is 0 Å². The van der Waals surface area contributed by atoms with Crippen LogP contribution in [0.4, 0.5) is 4.79 Å². The number of amides is 2. The van der Waals surface area contributed by atoms with E-state index in [-0.39, 0.29) is 12.6 Å². The maximum atomic E-state index is 11.4. The number of aliphatic hydroxyl groups excluding tert-OH is 1. The first kappa shape index (κ1) is 13.5. The Bertz CT molecular complexity index is 380. The van der Waals surface area contributed by atoms with Gasteiger partial charge in [0, 0.05) is 0 Å². The van der Waals surface area contributed by atoms with Gasteiger partial charge in [-0.25, -0.2) is 9.59 Å². The molecule has 2 amide bonds. The summed E-state index contributed by atoms with van der Waals surface area (Å²) in [5, 5.41) is 26.1. The molecule has 1 heterocycles. The lowest BCUT2D eigenvalue weighted by molar-refractivity contribution is -0.146. The molecule has 0 bridgehead atoms. The van der Waals surface area contributed by atoms with Crippen molar-refractivity contribution in [2.45, 2.75) is 19.1 Å². The van der Waals surface area contributed by atoms with Gasteiger partial charge < -0.3 is 20.8 Å². The Labute approximate surface area is 102 Å². The Hall–Kier alpha value is -1.60. The predicted molar refractivity (Wildman–Crippen MR) is 62.9 cm³/mol. The fourth-order valence-corrected chi connectivity index (χ4v) is 1.88. The Morgan fingerprint density at radius 3 is 2.76 bits per heavy atom. The highest BCUT2D eigenvalue weighted by Crippen LogP contribution is 2.14. The molecule has 94 valence electrons. The summed E-state index contributed by atoms with van der Waals surface area (Å²) in [7, 11) is 0. The molecule has 4 N–H and O–H groups in total. The minimum absolute atomic E-state index is 0.164. The van der Waals surface area contributed by atoms with Crippen molar-refractivity contribution in [3.63, 3.8) is 0 Å². The summed E-state index contributed by atoms with van der Waals surface area (Å²) in [6, 6.07) is 1.22. The number of carbonyl (C=O) groups excluding carboxylic acids is 1. The monoisotopic (exact) mass is 258 g/mol. The maximum Gasteiger partial charge on any atom is 0.334 e. The van der Waals surface area contributed by atoms with Crippen molar-refractivity contribution in [2.75, 3.05) is 6.54 Å². The van der Waals surface area contributed by atoms with Gasteiger partial charge in [-0.1, -0.05) is 0 Å². The summed E-state index contributed by atoms with van der Waals surface area (Å²) in [4.78, 5) is 21.7.